The van der Waals surface area contributed by atoms with E-state index in [4.69, 9.17) is 17.3 Å². The summed E-state index contributed by atoms with van der Waals surface area (Å²) in [5.74, 6) is -1.08. The highest BCUT2D eigenvalue weighted by atomic mass is 35.5. The van der Waals surface area contributed by atoms with E-state index >= 15 is 0 Å². The van der Waals surface area contributed by atoms with Crippen molar-refractivity contribution < 1.29 is 14.0 Å². The van der Waals surface area contributed by atoms with Crippen LogP contribution in [0.2, 0.25) is 5.02 Å². The molecule has 1 aliphatic heterocycles. The van der Waals surface area contributed by atoms with Gasteiger partial charge in [0.2, 0.25) is 5.91 Å². The molecule has 0 aromatic heterocycles. The maximum absolute atomic E-state index is 13.0. The fourth-order valence-electron chi connectivity index (χ4n) is 2.33. The molecule has 7 heteroatoms. The van der Waals surface area contributed by atoms with Gasteiger partial charge in [-0.15, -0.1) is 0 Å². The number of benzene rings is 1. The van der Waals surface area contributed by atoms with Crippen molar-refractivity contribution in [1.29, 1.82) is 0 Å². The third-order valence-corrected chi connectivity index (χ3v) is 4.04. The quantitative estimate of drug-likeness (QED) is 0.909. The highest BCUT2D eigenvalue weighted by Crippen LogP contribution is 2.20. The molecule has 0 bridgehead atoms. The summed E-state index contributed by atoms with van der Waals surface area (Å²) in [6.45, 7) is 3.83. The minimum Gasteiger partial charge on any atom is -0.368 e. The van der Waals surface area contributed by atoms with Gasteiger partial charge in [0.15, 0.2) is 0 Å². The lowest BCUT2D eigenvalue weighted by atomic mass is 10.1. The Morgan fingerprint density at radius 3 is 2.43 bits per heavy atom. The lowest BCUT2D eigenvalue weighted by Crippen LogP contribution is -2.54. The number of nitrogens with zero attached hydrogens (tertiary/aromatic N) is 2. The van der Waals surface area contributed by atoms with Gasteiger partial charge in [-0.3, -0.25) is 14.5 Å². The first kappa shape index (κ1) is 15.7. The van der Waals surface area contributed by atoms with E-state index in [-0.39, 0.29) is 28.4 Å². The molecular weight excluding hydrogens is 297 g/mol. The lowest BCUT2D eigenvalue weighted by molar-refractivity contribution is -0.123. The Morgan fingerprint density at radius 2 is 1.90 bits per heavy atom. The molecule has 0 aliphatic carbocycles. The van der Waals surface area contributed by atoms with Gasteiger partial charge in [0.1, 0.15) is 5.82 Å². The highest BCUT2D eigenvalue weighted by Gasteiger charge is 2.27. The van der Waals surface area contributed by atoms with Gasteiger partial charge in [0.05, 0.1) is 16.6 Å². The molecule has 5 nitrogen and oxygen atoms in total. The van der Waals surface area contributed by atoms with E-state index in [1.54, 1.807) is 11.8 Å². The molecule has 1 aromatic rings. The first-order chi connectivity index (χ1) is 9.90. The molecule has 1 unspecified atom stereocenters. The van der Waals surface area contributed by atoms with E-state index in [2.05, 4.69) is 0 Å². The van der Waals surface area contributed by atoms with Crippen LogP contribution in [0, 0.1) is 5.82 Å². The van der Waals surface area contributed by atoms with Crippen LogP contribution in [0.4, 0.5) is 4.39 Å². The van der Waals surface area contributed by atoms with E-state index < -0.39 is 5.82 Å². The second-order valence-corrected chi connectivity index (χ2v) is 5.44. The molecule has 1 saturated heterocycles. The number of halogens is 2. The number of hydrogen-bond donors (Lipinski definition) is 1. The molecule has 2 rings (SSSR count). The maximum Gasteiger partial charge on any atom is 0.255 e. The first-order valence-electron chi connectivity index (χ1n) is 6.68. The fraction of sp³-hybridized carbons (Fsp3) is 0.429. The summed E-state index contributed by atoms with van der Waals surface area (Å²) in [5.41, 5.74) is 5.56. The van der Waals surface area contributed by atoms with Crippen molar-refractivity contribution >= 4 is 23.4 Å². The van der Waals surface area contributed by atoms with Gasteiger partial charge in [0.25, 0.3) is 5.91 Å². The molecule has 1 fully saturated rings. The molecule has 21 heavy (non-hydrogen) atoms. The molecule has 114 valence electrons. The summed E-state index contributed by atoms with van der Waals surface area (Å²) in [7, 11) is 0. The van der Waals surface area contributed by atoms with E-state index in [9.17, 15) is 14.0 Å². The molecular formula is C14H17ClFN3O2. The number of amides is 2. The zero-order chi connectivity index (χ0) is 15.6. The summed E-state index contributed by atoms with van der Waals surface area (Å²) in [6.07, 6.45) is 0. The molecule has 2 N–H and O–H groups in total. The first-order valence-corrected chi connectivity index (χ1v) is 7.05. The van der Waals surface area contributed by atoms with Crippen molar-refractivity contribution in [3.8, 4) is 0 Å². The van der Waals surface area contributed by atoms with Crippen LogP contribution >= 0.6 is 11.6 Å². The number of hydrogen-bond acceptors (Lipinski definition) is 3. The van der Waals surface area contributed by atoms with Crippen molar-refractivity contribution in [3.05, 3.63) is 34.6 Å². The Hall–Kier alpha value is -1.66. The largest absolute Gasteiger partial charge is 0.368 e. The fourth-order valence-corrected chi connectivity index (χ4v) is 2.57. The maximum atomic E-state index is 13.0. The minimum absolute atomic E-state index is 0.105. The SMILES string of the molecule is CC(C(N)=O)N1CCN(C(=O)c2ccc(F)cc2Cl)CC1. The van der Waals surface area contributed by atoms with Crippen LogP contribution in [0.25, 0.3) is 0 Å². The molecule has 1 aromatic carbocycles. The van der Waals surface area contributed by atoms with Gasteiger partial charge in [-0.25, -0.2) is 4.39 Å². The zero-order valence-electron chi connectivity index (χ0n) is 11.7. The van der Waals surface area contributed by atoms with Crippen molar-refractivity contribution in [2.24, 2.45) is 5.73 Å². The molecule has 0 radical (unpaired) electrons. The second-order valence-electron chi connectivity index (χ2n) is 5.03. The molecule has 2 amide bonds. The van der Waals surface area contributed by atoms with Crippen LogP contribution in [0.1, 0.15) is 17.3 Å². The Bertz CT molecular complexity index is 559. The van der Waals surface area contributed by atoms with Gasteiger partial charge in [0, 0.05) is 26.2 Å². The van der Waals surface area contributed by atoms with Gasteiger partial charge in [-0.1, -0.05) is 11.6 Å². The van der Waals surface area contributed by atoms with Crippen LogP contribution in [0.5, 0.6) is 0 Å². The molecule has 0 spiro atoms. The summed E-state index contributed by atoms with van der Waals surface area (Å²) >= 11 is 5.91. The number of carbonyl (C=O) groups excluding carboxylic acids is 2. The van der Waals surface area contributed by atoms with Gasteiger partial charge >= 0.3 is 0 Å². The van der Waals surface area contributed by atoms with Crippen LogP contribution in [-0.4, -0.2) is 53.8 Å². The predicted molar refractivity (Wildman–Crippen MR) is 77.5 cm³/mol. The van der Waals surface area contributed by atoms with Gasteiger partial charge in [-0.2, -0.15) is 0 Å². The average molecular weight is 314 g/mol. The summed E-state index contributed by atoms with van der Waals surface area (Å²) in [4.78, 5) is 27.1. The Balaban J connectivity index is 2.02. The molecule has 1 aliphatic rings. The number of rotatable bonds is 3. The third kappa shape index (κ3) is 3.51. The number of carbonyl (C=O) groups is 2. The van der Waals surface area contributed by atoms with Crippen molar-refractivity contribution in [2.45, 2.75) is 13.0 Å². The summed E-state index contributed by atoms with van der Waals surface area (Å²) < 4.78 is 13.0. The monoisotopic (exact) mass is 313 g/mol. The van der Waals surface area contributed by atoms with E-state index in [0.29, 0.717) is 26.2 Å². The normalized spacial score (nSPS) is 17.6. The van der Waals surface area contributed by atoms with Crippen LogP contribution < -0.4 is 5.73 Å². The Kier molecular flexibility index (Phi) is 4.80. The predicted octanol–water partition coefficient (Wildman–Crippen LogP) is 1.11. The number of nitrogens with two attached hydrogens (primary N) is 1. The minimum atomic E-state index is -0.475. The summed E-state index contributed by atoms with van der Waals surface area (Å²) in [5, 5.41) is 0.105. The zero-order valence-corrected chi connectivity index (χ0v) is 12.4. The standard InChI is InChI=1S/C14H17ClFN3O2/c1-9(13(17)20)18-4-6-19(7-5-18)14(21)11-3-2-10(16)8-12(11)15/h2-3,8-9H,4-7H2,1H3,(H2,17,20). The average Bonchev–Trinajstić information content (AvgIpc) is 2.46. The van der Waals surface area contributed by atoms with Gasteiger partial charge < -0.3 is 10.6 Å². The second kappa shape index (κ2) is 6.41. The van der Waals surface area contributed by atoms with E-state index in [1.807, 2.05) is 4.90 Å². The van der Waals surface area contributed by atoms with Gasteiger partial charge in [-0.05, 0) is 25.1 Å². The lowest BCUT2D eigenvalue weighted by Gasteiger charge is -2.37. The molecule has 1 atom stereocenters. The van der Waals surface area contributed by atoms with Crippen LogP contribution in [0.3, 0.4) is 0 Å². The number of piperazine rings is 1. The summed E-state index contributed by atoms with van der Waals surface area (Å²) in [6, 6.07) is 3.38. The third-order valence-electron chi connectivity index (χ3n) is 3.72. The van der Waals surface area contributed by atoms with Crippen molar-refractivity contribution in [2.75, 3.05) is 26.2 Å². The van der Waals surface area contributed by atoms with E-state index in [1.165, 1.54) is 12.1 Å². The van der Waals surface area contributed by atoms with Crippen molar-refractivity contribution in [3.63, 3.8) is 0 Å². The van der Waals surface area contributed by atoms with Crippen LogP contribution in [-0.2, 0) is 4.79 Å². The van der Waals surface area contributed by atoms with Crippen molar-refractivity contribution in [1.82, 2.24) is 9.80 Å². The Labute approximate surface area is 127 Å². The smallest absolute Gasteiger partial charge is 0.255 e. The molecule has 0 saturated carbocycles. The van der Waals surface area contributed by atoms with E-state index in [0.717, 1.165) is 6.07 Å². The number of primary amides is 1. The highest BCUT2D eigenvalue weighted by molar-refractivity contribution is 6.33. The molecule has 1 heterocycles. The topological polar surface area (TPSA) is 66.6 Å². The Morgan fingerprint density at radius 1 is 1.29 bits per heavy atom. The van der Waals surface area contributed by atoms with Crippen LogP contribution in [0.15, 0.2) is 18.2 Å².